The minimum absolute atomic E-state index is 0.300. The molecule has 2 N–H and O–H groups in total. The largest absolute Gasteiger partial charge is 0.497 e. The maximum atomic E-state index is 13.5. The van der Waals surface area contributed by atoms with Crippen molar-refractivity contribution in [3.05, 3.63) is 93.9 Å². The van der Waals surface area contributed by atoms with E-state index < -0.39 is 6.04 Å². The number of nitrogens with zero attached hydrogens (tertiary/aromatic N) is 4. The van der Waals surface area contributed by atoms with Crippen LogP contribution in [0, 0.1) is 0 Å². The summed E-state index contributed by atoms with van der Waals surface area (Å²) in [5, 5.41) is 11.7. The maximum Gasteiger partial charge on any atom is 0.255 e. The van der Waals surface area contributed by atoms with Gasteiger partial charge < -0.3 is 15.4 Å². The molecule has 2 aromatic carbocycles. The zero-order valence-electron chi connectivity index (χ0n) is 18.8. The fourth-order valence-corrected chi connectivity index (χ4v) is 4.24. The molecule has 1 atom stereocenters. The molecular formula is C25H20Cl2N6O2. The smallest absolute Gasteiger partial charge is 0.255 e. The lowest BCUT2D eigenvalue weighted by Crippen LogP contribution is -2.31. The summed E-state index contributed by atoms with van der Waals surface area (Å²) in [7, 11) is 1.61. The Labute approximate surface area is 211 Å². The van der Waals surface area contributed by atoms with E-state index in [1.54, 1.807) is 48.5 Å². The number of ether oxygens (including phenoxy) is 1. The van der Waals surface area contributed by atoms with Crippen molar-refractivity contribution in [2.45, 2.75) is 13.0 Å². The zero-order chi connectivity index (χ0) is 24.5. The Hall–Kier alpha value is -3.88. The molecule has 176 valence electrons. The van der Waals surface area contributed by atoms with Crippen molar-refractivity contribution in [1.29, 1.82) is 0 Å². The number of hydrogen-bond donors (Lipinski definition) is 2. The summed E-state index contributed by atoms with van der Waals surface area (Å²) < 4.78 is 6.93. The highest BCUT2D eigenvalue weighted by Gasteiger charge is 2.34. The number of rotatable bonds is 5. The predicted molar refractivity (Wildman–Crippen MR) is 136 cm³/mol. The fourth-order valence-electron chi connectivity index (χ4n) is 3.93. The van der Waals surface area contributed by atoms with E-state index in [4.69, 9.17) is 33.0 Å². The van der Waals surface area contributed by atoms with Gasteiger partial charge in [-0.1, -0.05) is 29.3 Å². The van der Waals surface area contributed by atoms with Gasteiger partial charge >= 0.3 is 0 Å². The van der Waals surface area contributed by atoms with Crippen LogP contribution in [0.1, 0.15) is 18.5 Å². The molecule has 1 aliphatic heterocycles. The van der Waals surface area contributed by atoms with Crippen LogP contribution < -0.4 is 15.4 Å². The Morgan fingerprint density at radius 3 is 2.60 bits per heavy atom. The lowest BCUT2D eigenvalue weighted by atomic mass is 9.95. The van der Waals surface area contributed by atoms with Crippen LogP contribution >= 0.6 is 23.2 Å². The van der Waals surface area contributed by atoms with E-state index in [1.165, 1.54) is 0 Å². The van der Waals surface area contributed by atoms with Crippen LogP contribution in [0.5, 0.6) is 5.75 Å². The molecule has 0 saturated heterocycles. The first kappa shape index (κ1) is 22.9. The molecule has 0 fully saturated rings. The number of anilines is 2. The molecule has 2 aromatic heterocycles. The van der Waals surface area contributed by atoms with Gasteiger partial charge in [0.05, 0.1) is 34.6 Å². The molecule has 4 aromatic rings. The number of fused-ring (bicyclic) bond motifs is 1. The minimum atomic E-state index is -0.600. The summed E-state index contributed by atoms with van der Waals surface area (Å²) in [6.07, 6.45) is 3.23. The summed E-state index contributed by atoms with van der Waals surface area (Å²) in [6.45, 7) is 1.83. The number of nitrogens with one attached hydrogen (secondary N) is 2. The number of amides is 1. The van der Waals surface area contributed by atoms with E-state index in [0.717, 1.165) is 16.9 Å². The molecule has 0 spiro atoms. The van der Waals surface area contributed by atoms with Crippen LogP contribution in [0.15, 0.2) is 78.3 Å². The predicted octanol–water partition coefficient (Wildman–Crippen LogP) is 5.58. The summed E-state index contributed by atoms with van der Waals surface area (Å²) in [5.74, 6) is 1.44. The van der Waals surface area contributed by atoms with Crippen molar-refractivity contribution in [1.82, 2.24) is 19.7 Å². The summed E-state index contributed by atoms with van der Waals surface area (Å²) in [5.41, 5.74) is 3.23. The molecule has 35 heavy (non-hydrogen) atoms. The number of benzene rings is 2. The first-order chi connectivity index (χ1) is 16.9. The van der Waals surface area contributed by atoms with Gasteiger partial charge in [0, 0.05) is 17.5 Å². The third kappa shape index (κ3) is 4.45. The number of hydrogen-bond acceptors (Lipinski definition) is 6. The van der Waals surface area contributed by atoms with Gasteiger partial charge in [-0.3, -0.25) is 9.78 Å². The molecule has 10 heteroatoms. The lowest BCUT2D eigenvalue weighted by molar-refractivity contribution is -0.113. The van der Waals surface area contributed by atoms with E-state index >= 15 is 0 Å². The topological polar surface area (TPSA) is 94.0 Å². The minimum Gasteiger partial charge on any atom is -0.497 e. The highest BCUT2D eigenvalue weighted by atomic mass is 35.5. The molecule has 0 aliphatic carbocycles. The highest BCUT2D eigenvalue weighted by molar-refractivity contribution is 6.42. The number of methoxy groups -OCH3 is 1. The molecule has 0 radical (unpaired) electrons. The Balaban J connectivity index is 1.60. The van der Waals surface area contributed by atoms with E-state index in [2.05, 4.69) is 20.6 Å². The van der Waals surface area contributed by atoms with Gasteiger partial charge in [-0.25, -0.2) is 4.68 Å². The molecule has 1 amide bonds. The molecule has 1 aliphatic rings. The van der Waals surface area contributed by atoms with Crippen LogP contribution in [0.25, 0.3) is 11.4 Å². The summed E-state index contributed by atoms with van der Waals surface area (Å²) in [6, 6.07) is 15.6. The average molecular weight is 507 g/mol. The van der Waals surface area contributed by atoms with E-state index in [0.29, 0.717) is 38.8 Å². The molecule has 0 saturated carbocycles. The van der Waals surface area contributed by atoms with Crippen molar-refractivity contribution < 1.29 is 9.53 Å². The molecular weight excluding hydrogens is 487 g/mol. The van der Waals surface area contributed by atoms with Crippen molar-refractivity contribution in [3.63, 3.8) is 0 Å². The SMILES string of the molecule is COc1ccc(-c2nc3n(n2)C(c2ccc(Cl)c(Cl)c2)C(C(=O)Nc2cccnc2)=C(C)N3)cc1. The van der Waals surface area contributed by atoms with Crippen LogP contribution in [0.4, 0.5) is 11.6 Å². The first-order valence-electron chi connectivity index (χ1n) is 10.7. The molecule has 3 heterocycles. The quantitative estimate of drug-likeness (QED) is 0.366. The zero-order valence-corrected chi connectivity index (χ0v) is 20.3. The van der Waals surface area contributed by atoms with Crippen LogP contribution in [-0.2, 0) is 4.79 Å². The van der Waals surface area contributed by atoms with E-state index in [9.17, 15) is 4.79 Å². The second-order valence-electron chi connectivity index (χ2n) is 7.87. The van der Waals surface area contributed by atoms with Gasteiger partial charge in [0.25, 0.3) is 5.91 Å². The van der Waals surface area contributed by atoms with Crippen molar-refractivity contribution >= 4 is 40.7 Å². The van der Waals surface area contributed by atoms with Crippen molar-refractivity contribution in [2.24, 2.45) is 0 Å². The summed E-state index contributed by atoms with van der Waals surface area (Å²) in [4.78, 5) is 22.3. The number of aromatic nitrogens is 4. The van der Waals surface area contributed by atoms with Gasteiger partial charge in [-0.15, -0.1) is 5.10 Å². The van der Waals surface area contributed by atoms with Gasteiger partial charge in [0.2, 0.25) is 5.95 Å². The second-order valence-corrected chi connectivity index (χ2v) is 8.68. The van der Waals surface area contributed by atoms with Gasteiger partial charge in [0.1, 0.15) is 11.8 Å². The third-order valence-electron chi connectivity index (χ3n) is 5.62. The Kier molecular flexibility index (Phi) is 6.15. The fraction of sp³-hybridized carbons (Fsp3) is 0.120. The van der Waals surface area contributed by atoms with Crippen LogP contribution in [-0.4, -0.2) is 32.8 Å². The van der Waals surface area contributed by atoms with Crippen LogP contribution in [0.2, 0.25) is 10.0 Å². The van der Waals surface area contributed by atoms with Crippen molar-refractivity contribution in [3.8, 4) is 17.1 Å². The number of carbonyl (C=O) groups is 1. The highest BCUT2D eigenvalue weighted by Crippen LogP contribution is 2.38. The van der Waals surface area contributed by atoms with Gasteiger partial charge in [0.15, 0.2) is 5.82 Å². The number of carbonyl (C=O) groups excluding carboxylic acids is 1. The second kappa shape index (κ2) is 9.40. The third-order valence-corrected chi connectivity index (χ3v) is 6.36. The van der Waals surface area contributed by atoms with E-state index in [1.807, 2.05) is 37.3 Å². The van der Waals surface area contributed by atoms with Gasteiger partial charge in [-0.05, 0) is 61.0 Å². The molecule has 8 nitrogen and oxygen atoms in total. The standard InChI is InChI=1S/C25H20Cl2N6O2/c1-14-21(24(34)30-17-4-3-11-28-13-17)22(16-7-10-19(26)20(27)12-16)33-25(29-14)31-23(32-33)15-5-8-18(35-2)9-6-15/h3-13,22H,1-2H3,(H,30,34)(H,29,31,32). The summed E-state index contributed by atoms with van der Waals surface area (Å²) >= 11 is 12.5. The Bertz CT molecular complexity index is 1430. The monoisotopic (exact) mass is 506 g/mol. The lowest BCUT2D eigenvalue weighted by Gasteiger charge is -2.28. The number of halogens is 2. The Morgan fingerprint density at radius 2 is 1.91 bits per heavy atom. The Morgan fingerprint density at radius 1 is 1.11 bits per heavy atom. The number of pyridine rings is 1. The molecule has 1 unspecified atom stereocenters. The first-order valence-corrected chi connectivity index (χ1v) is 11.5. The maximum absolute atomic E-state index is 13.5. The average Bonchev–Trinajstić information content (AvgIpc) is 3.29. The molecule has 0 bridgehead atoms. The number of allylic oxidation sites excluding steroid dienone is 1. The van der Waals surface area contributed by atoms with Crippen molar-refractivity contribution in [2.75, 3.05) is 17.7 Å². The molecule has 5 rings (SSSR count). The van der Waals surface area contributed by atoms with Crippen LogP contribution in [0.3, 0.4) is 0 Å². The normalized spacial score (nSPS) is 14.8. The van der Waals surface area contributed by atoms with Gasteiger partial charge in [-0.2, -0.15) is 4.98 Å². The van der Waals surface area contributed by atoms with E-state index in [-0.39, 0.29) is 5.91 Å².